The largest absolute Gasteiger partial charge is 0.418 e. The number of amides is 1. The van der Waals surface area contributed by atoms with Gasteiger partial charge in [0.2, 0.25) is 5.91 Å². The average Bonchev–Trinajstić information content (AvgIpc) is 2.53. The molecule has 1 atom stereocenters. The highest BCUT2D eigenvalue weighted by molar-refractivity contribution is 8.00. The fraction of sp³-hybridized carbons (Fsp3) is 0.235. The van der Waals surface area contributed by atoms with Crippen LogP contribution in [-0.2, 0) is 11.0 Å². The molecular formula is C17H16F3NOS. The van der Waals surface area contributed by atoms with Gasteiger partial charge in [0.05, 0.1) is 17.0 Å². The van der Waals surface area contributed by atoms with Crippen LogP contribution in [-0.4, -0.2) is 11.7 Å². The molecule has 6 heteroatoms. The monoisotopic (exact) mass is 339 g/mol. The Hall–Kier alpha value is -1.95. The molecule has 2 aromatic carbocycles. The second-order valence-corrected chi connectivity index (χ2v) is 6.28. The molecule has 1 N–H and O–H groups in total. The molecule has 0 saturated heterocycles. The van der Waals surface area contributed by atoms with Crippen LogP contribution in [0.3, 0.4) is 0 Å². The van der Waals surface area contributed by atoms with Gasteiger partial charge in [-0.1, -0.05) is 42.5 Å². The first-order chi connectivity index (χ1) is 10.9. The number of halogens is 3. The fourth-order valence-electron chi connectivity index (χ4n) is 2.05. The second kappa shape index (κ2) is 7.55. The molecule has 1 unspecified atom stereocenters. The summed E-state index contributed by atoms with van der Waals surface area (Å²) in [5.74, 6) is -0.364. The number of benzene rings is 2. The molecule has 0 fully saturated rings. The lowest BCUT2D eigenvalue weighted by Crippen LogP contribution is -2.18. The molecule has 0 heterocycles. The summed E-state index contributed by atoms with van der Waals surface area (Å²) in [6, 6.07) is 14.6. The van der Waals surface area contributed by atoms with E-state index >= 15 is 0 Å². The molecule has 0 aliphatic rings. The quantitative estimate of drug-likeness (QED) is 0.817. The number of thioether (sulfide) groups is 1. The average molecular weight is 339 g/mol. The zero-order valence-corrected chi connectivity index (χ0v) is 13.2. The van der Waals surface area contributed by atoms with Crippen LogP contribution in [0.1, 0.15) is 23.3 Å². The third-order valence-electron chi connectivity index (χ3n) is 3.24. The molecule has 122 valence electrons. The number of rotatable bonds is 5. The summed E-state index contributed by atoms with van der Waals surface area (Å²) in [5.41, 5.74) is 0.0217. The molecule has 0 aliphatic carbocycles. The minimum Gasteiger partial charge on any atom is -0.325 e. The van der Waals surface area contributed by atoms with E-state index in [1.165, 1.54) is 30.0 Å². The Balaban J connectivity index is 1.96. The maximum atomic E-state index is 12.9. The van der Waals surface area contributed by atoms with E-state index in [4.69, 9.17) is 0 Å². The van der Waals surface area contributed by atoms with Crippen molar-refractivity contribution in [2.45, 2.75) is 18.3 Å². The van der Waals surface area contributed by atoms with E-state index < -0.39 is 17.6 Å². The number of carbonyl (C=O) groups excluding carboxylic acids is 1. The normalized spacial score (nSPS) is 12.7. The van der Waals surface area contributed by atoms with Crippen molar-refractivity contribution in [2.24, 2.45) is 0 Å². The van der Waals surface area contributed by atoms with E-state index in [2.05, 4.69) is 5.32 Å². The Morgan fingerprint density at radius 3 is 2.35 bits per heavy atom. The van der Waals surface area contributed by atoms with Gasteiger partial charge in [-0.05, 0) is 24.6 Å². The molecule has 0 aliphatic heterocycles. The third kappa shape index (κ3) is 5.03. The lowest BCUT2D eigenvalue weighted by atomic mass is 10.1. The van der Waals surface area contributed by atoms with E-state index in [-0.39, 0.29) is 16.7 Å². The number of carbonyl (C=O) groups is 1. The molecule has 2 rings (SSSR count). The summed E-state index contributed by atoms with van der Waals surface area (Å²) in [4.78, 5) is 11.9. The molecule has 0 spiro atoms. The SMILES string of the molecule is CC(SCC(=O)Nc1ccccc1C(F)(F)F)c1ccccc1. The van der Waals surface area contributed by atoms with Gasteiger partial charge in [-0.15, -0.1) is 11.8 Å². The van der Waals surface area contributed by atoms with Gasteiger partial charge in [0.15, 0.2) is 0 Å². The van der Waals surface area contributed by atoms with Gasteiger partial charge in [0.1, 0.15) is 0 Å². The van der Waals surface area contributed by atoms with Crippen molar-refractivity contribution >= 4 is 23.4 Å². The van der Waals surface area contributed by atoms with Gasteiger partial charge in [0.25, 0.3) is 0 Å². The highest BCUT2D eigenvalue weighted by atomic mass is 32.2. The van der Waals surface area contributed by atoms with Gasteiger partial charge in [-0.2, -0.15) is 13.2 Å². The molecule has 0 radical (unpaired) electrons. The van der Waals surface area contributed by atoms with Crippen LogP contribution in [0.15, 0.2) is 54.6 Å². The van der Waals surface area contributed by atoms with Crippen molar-refractivity contribution in [1.29, 1.82) is 0 Å². The molecule has 0 aromatic heterocycles. The van der Waals surface area contributed by atoms with Crippen molar-refractivity contribution in [3.63, 3.8) is 0 Å². The van der Waals surface area contributed by atoms with Crippen LogP contribution in [0.2, 0.25) is 0 Å². The van der Waals surface area contributed by atoms with E-state index in [1.807, 2.05) is 37.3 Å². The fourth-order valence-corrected chi connectivity index (χ4v) is 2.87. The first-order valence-corrected chi connectivity index (χ1v) is 8.05. The third-order valence-corrected chi connectivity index (χ3v) is 4.44. The van der Waals surface area contributed by atoms with Crippen LogP contribution in [0.5, 0.6) is 0 Å². The maximum absolute atomic E-state index is 12.9. The van der Waals surface area contributed by atoms with Gasteiger partial charge in [-0.25, -0.2) is 0 Å². The van der Waals surface area contributed by atoms with Crippen LogP contribution in [0.25, 0.3) is 0 Å². The molecule has 0 bridgehead atoms. The number of nitrogens with one attached hydrogen (secondary N) is 1. The van der Waals surface area contributed by atoms with E-state index in [9.17, 15) is 18.0 Å². The van der Waals surface area contributed by atoms with Crippen LogP contribution < -0.4 is 5.32 Å². The predicted molar refractivity (Wildman–Crippen MR) is 87.4 cm³/mol. The zero-order chi connectivity index (χ0) is 16.9. The standard InChI is InChI=1S/C17H16F3NOS/c1-12(13-7-3-2-4-8-13)23-11-16(22)21-15-10-6-5-9-14(15)17(18,19)20/h2-10,12H,11H2,1H3,(H,21,22). The van der Waals surface area contributed by atoms with Crippen molar-refractivity contribution in [2.75, 3.05) is 11.1 Å². The van der Waals surface area contributed by atoms with E-state index in [0.29, 0.717) is 0 Å². The van der Waals surface area contributed by atoms with Crippen molar-refractivity contribution in [1.82, 2.24) is 0 Å². The summed E-state index contributed by atoms with van der Waals surface area (Å²) in [6.45, 7) is 1.96. The van der Waals surface area contributed by atoms with Gasteiger partial charge >= 0.3 is 6.18 Å². The summed E-state index contributed by atoms with van der Waals surface area (Å²) in [5, 5.41) is 2.43. The Morgan fingerprint density at radius 2 is 1.70 bits per heavy atom. The summed E-state index contributed by atoms with van der Waals surface area (Å²) in [7, 11) is 0. The Morgan fingerprint density at radius 1 is 1.09 bits per heavy atom. The summed E-state index contributed by atoms with van der Waals surface area (Å²) < 4.78 is 38.6. The molecule has 2 nitrogen and oxygen atoms in total. The first kappa shape index (κ1) is 17.4. The van der Waals surface area contributed by atoms with Crippen molar-refractivity contribution in [3.8, 4) is 0 Å². The number of para-hydroxylation sites is 1. The van der Waals surface area contributed by atoms with Gasteiger partial charge in [0, 0.05) is 5.25 Å². The molecule has 0 saturated carbocycles. The number of hydrogen-bond donors (Lipinski definition) is 1. The maximum Gasteiger partial charge on any atom is 0.418 e. The Bertz CT molecular complexity index is 658. The molecular weight excluding hydrogens is 323 g/mol. The van der Waals surface area contributed by atoms with Gasteiger partial charge < -0.3 is 5.32 Å². The summed E-state index contributed by atoms with van der Waals surface area (Å²) >= 11 is 1.38. The first-order valence-electron chi connectivity index (χ1n) is 7.00. The lowest BCUT2D eigenvalue weighted by Gasteiger charge is -2.14. The predicted octanol–water partition coefficient (Wildman–Crippen LogP) is 5.14. The number of anilines is 1. The minimum atomic E-state index is -4.49. The second-order valence-electron chi connectivity index (χ2n) is 4.96. The smallest absolute Gasteiger partial charge is 0.325 e. The number of alkyl halides is 3. The Labute approximate surface area is 137 Å². The van der Waals surface area contributed by atoms with Crippen LogP contribution in [0, 0.1) is 0 Å². The topological polar surface area (TPSA) is 29.1 Å². The molecule has 2 aromatic rings. The van der Waals surface area contributed by atoms with Crippen LogP contribution >= 0.6 is 11.8 Å². The Kier molecular flexibility index (Phi) is 5.71. The van der Waals surface area contributed by atoms with E-state index in [1.54, 1.807) is 0 Å². The molecule has 23 heavy (non-hydrogen) atoms. The molecule has 1 amide bonds. The lowest BCUT2D eigenvalue weighted by molar-refractivity contribution is -0.137. The van der Waals surface area contributed by atoms with E-state index in [0.717, 1.165) is 11.6 Å². The number of hydrogen-bond acceptors (Lipinski definition) is 2. The van der Waals surface area contributed by atoms with Gasteiger partial charge in [-0.3, -0.25) is 4.79 Å². The highest BCUT2D eigenvalue weighted by Gasteiger charge is 2.33. The van der Waals surface area contributed by atoms with Crippen molar-refractivity contribution in [3.05, 3.63) is 65.7 Å². The summed E-state index contributed by atoms with van der Waals surface area (Å²) in [6.07, 6.45) is -4.49. The van der Waals surface area contributed by atoms with Crippen molar-refractivity contribution < 1.29 is 18.0 Å². The highest BCUT2D eigenvalue weighted by Crippen LogP contribution is 2.35. The van der Waals surface area contributed by atoms with Crippen LogP contribution in [0.4, 0.5) is 18.9 Å². The zero-order valence-electron chi connectivity index (χ0n) is 12.4. The minimum absolute atomic E-state index is 0.0832.